The number of furan rings is 1. The average molecular weight is 320 g/mol. The predicted molar refractivity (Wildman–Crippen MR) is 85.3 cm³/mol. The second kappa shape index (κ2) is 4.47. The molecule has 118 valence electrons. The van der Waals surface area contributed by atoms with E-state index >= 15 is 0 Å². The highest BCUT2D eigenvalue weighted by Crippen LogP contribution is 2.43. The Balaban J connectivity index is 2.09. The lowest BCUT2D eigenvalue weighted by Gasteiger charge is -2.30. The van der Waals surface area contributed by atoms with Crippen LogP contribution in [-0.4, -0.2) is 23.6 Å². The normalized spacial score (nSPS) is 17.3. The minimum atomic E-state index is -0.778. The lowest BCUT2D eigenvalue weighted by atomic mass is 9.71. The van der Waals surface area contributed by atoms with Crippen LogP contribution in [0.2, 0.25) is 0 Å². The third kappa shape index (κ3) is 1.58. The van der Waals surface area contributed by atoms with E-state index < -0.39 is 17.0 Å². The van der Waals surface area contributed by atoms with Crippen molar-refractivity contribution >= 4 is 29.7 Å². The SMILES string of the molecule is CC1(C)C(=O)C=Cc2c1ccc1c2C(=O)C(=O)c2c(C=O)coc2-1. The van der Waals surface area contributed by atoms with Crippen molar-refractivity contribution in [1.29, 1.82) is 0 Å². The van der Waals surface area contributed by atoms with Crippen molar-refractivity contribution in [2.75, 3.05) is 0 Å². The van der Waals surface area contributed by atoms with E-state index in [2.05, 4.69) is 0 Å². The van der Waals surface area contributed by atoms with E-state index in [1.165, 1.54) is 12.3 Å². The van der Waals surface area contributed by atoms with E-state index in [4.69, 9.17) is 4.42 Å². The average Bonchev–Trinajstić information content (AvgIpc) is 2.99. The number of ketones is 3. The van der Waals surface area contributed by atoms with E-state index in [9.17, 15) is 19.2 Å². The van der Waals surface area contributed by atoms with Crippen LogP contribution in [0.1, 0.15) is 56.0 Å². The molecule has 0 aliphatic heterocycles. The summed E-state index contributed by atoms with van der Waals surface area (Å²) in [7, 11) is 0. The summed E-state index contributed by atoms with van der Waals surface area (Å²) in [4.78, 5) is 48.4. The predicted octanol–water partition coefficient (Wildman–Crippen LogP) is 3.01. The summed E-state index contributed by atoms with van der Waals surface area (Å²) in [6, 6.07) is 3.44. The summed E-state index contributed by atoms with van der Waals surface area (Å²) in [6.07, 6.45) is 4.68. The van der Waals surface area contributed by atoms with Gasteiger partial charge >= 0.3 is 0 Å². The molecule has 0 N–H and O–H groups in total. The number of allylic oxidation sites excluding steroid dienone is 1. The molecular formula is C19H12O5. The number of carbonyl (C=O) groups excluding carboxylic acids is 4. The van der Waals surface area contributed by atoms with Gasteiger partial charge in [-0.15, -0.1) is 0 Å². The highest BCUT2D eigenvalue weighted by molar-refractivity contribution is 6.54. The highest BCUT2D eigenvalue weighted by atomic mass is 16.3. The Morgan fingerprint density at radius 3 is 2.42 bits per heavy atom. The van der Waals surface area contributed by atoms with Gasteiger partial charge in [0.1, 0.15) is 12.0 Å². The molecule has 1 aromatic carbocycles. The van der Waals surface area contributed by atoms with Crippen molar-refractivity contribution in [3.05, 3.63) is 52.3 Å². The minimum Gasteiger partial charge on any atom is -0.463 e. The molecule has 0 bridgehead atoms. The lowest BCUT2D eigenvalue weighted by molar-refractivity contribution is -0.118. The summed E-state index contributed by atoms with van der Waals surface area (Å²) < 4.78 is 5.39. The van der Waals surface area contributed by atoms with Crippen LogP contribution >= 0.6 is 0 Å². The first-order valence-electron chi connectivity index (χ1n) is 7.44. The Hall–Kier alpha value is -3.08. The number of hydrogen-bond donors (Lipinski definition) is 0. The summed E-state index contributed by atoms with van der Waals surface area (Å²) in [5.74, 6) is -1.28. The van der Waals surface area contributed by atoms with E-state index in [1.807, 2.05) is 0 Å². The Morgan fingerprint density at radius 1 is 1.00 bits per heavy atom. The van der Waals surface area contributed by atoms with Crippen molar-refractivity contribution in [1.82, 2.24) is 0 Å². The van der Waals surface area contributed by atoms with E-state index in [0.717, 1.165) is 0 Å². The first-order valence-corrected chi connectivity index (χ1v) is 7.44. The van der Waals surface area contributed by atoms with E-state index in [0.29, 0.717) is 23.0 Å². The van der Waals surface area contributed by atoms with Gasteiger partial charge in [-0.3, -0.25) is 19.2 Å². The molecule has 0 saturated heterocycles. The summed E-state index contributed by atoms with van der Waals surface area (Å²) >= 11 is 0. The van der Waals surface area contributed by atoms with Crippen LogP contribution in [0.25, 0.3) is 17.4 Å². The molecule has 0 unspecified atom stereocenters. The second-order valence-electron chi connectivity index (χ2n) is 6.44. The highest BCUT2D eigenvalue weighted by Gasteiger charge is 2.41. The van der Waals surface area contributed by atoms with Crippen LogP contribution in [0.5, 0.6) is 0 Å². The Bertz CT molecular complexity index is 1000. The topological polar surface area (TPSA) is 81.4 Å². The zero-order valence-corrected chi connectivity index (χ0v) is 13.0. The maximum absolute atomic E-state index is 12.7. The Kier molecular flexibility index (Phi) is 2.70. The van der Waals surface area contributed by atoms with Crippen LogP contribution in [-0.2, 0) is 10.2 Å². The number of benzene rings is 1. The maximum Gasteiger partial charge on any atom is 0.238 e. The fourth-order valence-corrected chi connectivity index (χ4v) is 3.39. The molecule has 0 spiro atoms. The number of hydrogen-bond acceptors (Lipinski definition) is 5. The molecule has 5 heteroatoms. The molecule has 0 amide bonds. The first kappa shape index (κ1) is 14.5. The van der Waals surface area contributed by atoms with Crippen LogP contribution in [0, 0.1) is 0 Å². The van der Waals surface area contributed by atoms with Crippen LogP contribution < -0.4 is 0 Å². The molecule has 5 nitrogen and oxygen atoms in total. The molecule has 1 heterocycles. The van der Waals surface area contributed by atoms with Gasteiger partial charge in [0.15, 0.2) is 12.1 Å². The van der Waals surface area contributed by atoms with Crippen molar-refractivity contribution in [3.63, 3.8) is 0 Å². The lowest BCUT2D eigenvalue weighted by Crippen LogP contribution is -2.32. The summed E-state index contributed by atoms with van der Waals surface area (Å²) in [5.41, 5.74) is 1.26. The molecule has 2 aromatic rings. The third-order valence-electron chi connectivity index (χ3n) is 4.79. The van der Waals surface area contributed by atoms with Crippen molar-refractivity contribution in [2.24, 2.45) is 0 Å². The van der Waals surface area contributed by atoms with E-state index in [-0.39, 0.29) is 28.2 Å². The van der Waals surface area contributed by atoms with Crippen LogP contribution in [0.15, 0.2) is 28.9 Å². The largest absolute Gasteiger partial charge is 0.463 e. The molecular weight excluding hydrogens is 308 g/mol. The van der Waals surface area contributed by atoms with Crippen molar-refractivity contribution < 1.29 is 23.6 Å². The van der Waals surface area contributed by atoms with Gasteiger partial charge in [-0.25, -0.2) is 0 Å². The number of Topliss-reactive ketones (excluding diaryl/α,β-unsaturated/α-hetero) is 2. The Morgan fingerprint density at radius 2 is 1.71 bits per heavy atom. The number of rotatable bonds is 1. The molecule has 24 heavy (non-hydrogen) atoms. The third-order valence-corrected chi connectivity index (χ3v) is 4.79. The van der Waals surface area contributed by atoms with Crippen LogP contribution in [0.3, 0.4) is 0 Å². The van der Waals surface area contributed by atoms with Gasteiger partial charge < -0.3 is 4.42 Å². The molecule has 0 atom stereocenters. The number of fused-ring (bicyclic) bond motifs is 5. The smallest absolute Gasteiger partial charge is 0.238 e. The molecule has 0 radical (unpaired) electrons. The molecule has 4 rings (SSSR count). The van der Waals surface area contributed by atoms with Gasteiger partial charge in [-0.1, -0.05) is 18.2 Å². The zero-order valence-electron chi connectivity index (χ0n) is 13.0. The van der Waals surface area contributed by atoms with Crippen molar-refractivity contribution in [2.45, 2.75) is 19.3 Å². The van der Waals surface area contributed by atoms with Gasteiger partial charge in [-0.2, -0.15) is 0 Å². The summed E-state index contributed by atoms with van der Waals surface area (Å²) in [5, 5.41) is 0. The Labute approximate surface area is 137 Å². The first-order chi connectivity index (χ1) is 11.4. The minimum absolute atomic E-state index is 0.0116. The van der Waals surface area contributed by atoms with Gasteiger partial charge in [0.25, 0.3) is 0 Å². The maximum atomic E-state index is 12.7. The van der Waals surface area contributed by atoms with Gasteiger partial charge in [0.2, 0.25) is 11.6 Å². The monoisotopic (exact) mass is 320 g/mol. The molecule has 0 saturated carbocycles. The van der Waals surface area contributed by atoms with Crippen molar-refractivity contribution in [3.8, 4) is 11.3 Å². The van der Waals surface area contributed by atoms with Crippen LogP contribution in [0.4, 0.5) is 0 Å². The fraction of sp³-hybridized carbons (Fsp3) is 0.158. The van der Waals surface area contributed by atoms with Gasteiger partial charge in [-0.05, 0) is 31.1 Å². The zero-order chi connectivity index (χ0) is 17.2. The number of aldehydes is 1. The van der Waals surface area contributed by atoms with Gasteiger partial charge in [0, 0.05) is 11.1 Å². The number of carbonyl (C=O) groups is 4. The van der Waals surface area contributed by atoms with Gasteiger partial charge in [0.05, 0.1) is 16.5 Å². The second-order valence-corrected chi connectivity index (χ2v) is 6.44. The summed E-state index contributed by atoms with van der Waals surface area (Å²) in [6.45, 7) is 3.56. The molecule has 2 aliphatic rings. The van der Waals surface area contributed by atoms with E-state index in [1.54, 1.807) is 32.1 Å². The molecule has 0 fully saturated rings. The standard InChI is InChI=1S/C19H12O5/c1-19(2)12-5-3-11-15(10(12)4-6-13(19)21)17(23)16(22)14-9(7-20)8-24-18(11)14/h3-8H,1-2H3. The molecule has 1 aromatic heterocycles. The fourth-order valence-electron chi connectivity index (χ4n) is 3.39. The molecule has 2 aliphatic carbocycles. The quantitative estimate of drug-likeness (QED) is 0.596.